The average molecular weight is 309 g/mol. The van der Waals surface area contributed by atoms with E-state index >= 15 is 0 Å². The Hall–Kier alpha value is -1.10. The number of nitrogens with zero attached hydrogens (tertiary/aromatic N) is 3. The van der Waals surface area contributed by atoms with Crippen molar-refractivity contribution in [1.29, 1.82) is 0 Å². The van der Waals surface area contributed by atoms with Crippen molar-refractivity contribution >= 4 is 27.3 Å². The minimum absolute atomic E-state index is 0.910. The van der Waals surface area contributed by atoms with Gasteiger partial charge in [-0.25, -0.2) is 9.50 Å². The molecule has 0 radical (unpaired) electrons. The molecule has 1 N–H and O–H groups in total. The van der Waals surface area contributed by atoms with Crippen LogP contribution in [0.25, 0.3) is 5.52 Å². The minimum atomic E-state index is 0.910. The molecule has 0 amide bonds. The Bertz CT molecular complexity index is 533. The zero-order valence-electron chi connectivity index (χ0n) is 10.3. The van der Waals surface area contributed by atoms with Crippen LogP contribution in [0.2, 0.25) is 0 Å². The molecule has 0 atom stereocenters. The van der Waals surface area contributed by atoms with Gasteiger partial charge in [-0.05, 0) is 28.3 Å². The molecule has 0 aromatic carbocycles. The van der Waals surface area contributed by atoms with E-state index in [-0.39, 0.29) is 0 Å². The largest absolute Gasteiger partial charge is 0.368 e. The third-order valence-corrected chi connectivity index (χ3v) is 4.00. The van der Waals surface area contributed by atoms with E-state index in [1.54, 1.807) is 12.4 Å². The van der Waals surface area contributed by atoms with E-state index in [0.717, 1.165) is 28.3 Å². The van der Waals surface area contributed by atoms with E-state index in [1.165, 1.54) is 32.1 Å². The molecule has 1 aliphatic rings. The highest BCUT2D eigenvalue weighted by Crippen LogP contribution is 2.33. The quantitative estimate of drug-likeness (QED) is 0.831. The highest BCUT2D eigenvalue weighted by Gasteiger charge is 2.19. The Kier molecular flexibility index (Phi) is 3.50. The lowest BCUT2D eigenvalue weighted by molar-refractivity contribution is 0.642. The summed E-state index contributed by atoms with van der Waals surface area (Å²) in [6, 6.07) is 0. The van der Waals surface area contributed by atoms with Crippen LogP contribution >= 0.6 is 15.9 Å². The number of rotatable bonds is 6. The van der Waals surface area contributed by atoms with Crippen LogP contribution in [-0.2, 0) is 0 Å². The SMILES string of the molecule is Brc1cnn2ccnc(NCCCCC3CC3)c12. The van der Waals surface area contributed by atoms with Gasteiger partial charge in [0.05, 0.1) is 10.7 Å². The van der Waals surface area contributed by atoms with Gasteiger partial charge >= 0.3 is 0 Å². The van der Waals surface area contributed by atoms with Crippen molar-refractivity contribution < 1.29 is 0 Å². The van der Waals surface area contributed by atoms with E-state index in [4.69, 9.17) is 0 Å². The zero-order valence-corrected chi connectivity index (χ0v) is 11.9. The first-order valence-corrected chi connectivity index (χ1v) is 7.35. The Balaban J connectivity index is 1.57. The lowest BCUT2D eigenvalue weighted by atomic mass is 10.2. The van der Waals surface area contributed by atoms with Crippen LogP contribution in [0.1, 0.15) is 32.1 Å². The first-order chi connectivity index (χ1) is 8.84. The average Bonchev–Trinajstić information content (AvgIpc) is 3.13. The molecule has 4 nitrogen and oxygen atoms in total. The van der Waals surface area contributed by atoms with Gasteiger partial charge < -0.3 is 5.32 Å². The Labute approximate surface area is 115 Å². The van der Waals surface area contributed by atoms with Gasteiger partial charge in [0.25, 0.3) is 0 Å². The van der Waals surface area contributed by atoms with Gasteiger partial charge in [-0.15, -0.1) is 0 Å². The summed E-state index contributed by atoms with van der Waals surface area (Å²) in [6.07, 6.45) is 12.3. The molecule has 0 aliphatic heterocycles. The maximum Gasteiger partial charge on any atom is 0.153 e. The highest BCUT2D eigenvalue weighted by atomic mass is 79.9. The van der Waals surface area contributed by atoms with E-state index in [1.807, 2.05) is 10.7 Å². The van der Waals surface area contributed by atoms with Crippen molar-refractivity contribution in [3.05, 3.63) is 23.1 Å². The third kappa shape index (κ3) is 2.66. The minimum Gasteiger partial charge on any atom is -0.368 e. The second kappa shape index (κ2) is 5.26. The van der Waals surface area contributed by atoms with Crippen LogP contribution < -0.4 is 5.32 Å². The van der Waals surface area contributed by atoms with E-state index in [2.05, 4.69) is 31.3 Å². The van der Waals surface area contributed by atoms with Gasteiger partial charge in [0.1, 0.15) is 5.52 Å². The molecule has 0 unspecified atom stereocenters. The molecular weight excluding hydrogens is 292 g/mol. The summed E-state index contributed by atoms with van der Waals surface area (Å²) in [6.45, 7) is 0.983. The van der Waals surface area contributed by atoms with Crippen LogP contribution in [0.15, 0.2) is 23.1 Å². The molecule has 2 heterocycles. The van der Waals surface area contributed by atoms with Crippen molar-refractivity contribution in [1.82, 2.24) is 14.6 Å². The van der Waals surface area contributed by atoms with E-state index < -0.39 is 0 Å². The zero-order chi connectivity index (χ0) is 12.4. The number of unbranched alkanes of at least 4 members (excludes halogenated alkanes) is 1. The number of nitrogens with one attached hydrogen (secondary N) is 1. The van der Waals surface area contributed by atoms with Crippen LogP contribution in [0, 0.1) is 5.92 Å². The van der Waals surface area contributed by atoms with Gasteiger partial charge in [-0.3, -0.25) is 0 Å². The normalized spacial score (nSPS) is 15.2. The Morgan fingerprint density at radius 1 is 1.39 bits per heavy atom. The Morgan fingerprint density at radius 2 is 2.28 bits per heavy atom. The predicted molar refractivity (Wildman–Crippen MR) is 75.8 cm³/mol. The number of aromatic nitrogens is 3. The highest BCUT2D eigenvalue weighted by molar-refractivity contribution is 9.10. The summed E-state index contributed by atoms with van der Waals surface area (Å²) in [5.74, 6) is 1.95. The molecule has 96 valence electrons. The molecule has 1 saturated carbocycles. The topological polar surface area (TPSA) is 42.2 Å². The smallest absolute Gasteiger partial charge is 0.153 e. The molecular formula is C13H17BrN4. The van der Waals surface area contributed by atoms with Crippen LogP contribution in [0.3, 0.4) is 0 Å². The van der Waals surface area contributed by atoms with Crippen LogP contribution in [0.4, 0.5) is 5.82 Å². The fourth-order valence-corrected chi connectivity index (χ4v) is 2.67. The van der Waals surface area contributed by atoms with Gasteiger partial charge in [-0.1, -0.05) is 25.7 Å². The second-order valence-electron chi connectivity index (χ2n) is 4.93. The molecule has 2 aromatic rings. The number of hydrogen-bond acceptors (Lipinski definition) is 3. The molecule has 5 heteroatoms. The Morgan fingerprint density at radius 3 is 3.11 bits per heavy atom. The van der Waals surface area contributed by atoms with Gasteiger partial charge in [0.15, 0.2) is 5.82 Å². The lowest BCUT2D eigenvalue weighted by Gasteiger charge is -2.07. The number of hydrogen-bond donors (Lipinski definition) is 1. The standard InChI is InChI=1S/C13H17BrN4/c14-11-9-17-18-8-7-16-13(12(11)18)15-6-2-1-3-10-4-5-10/h7-10H,1-6H2,(H,15,16). The molecule has 0 saturated heterocycles. The molecule has 18 heavy (non-hydrogen) atoms. The fourth-order valence-electron chi connectivity index (χ4n) is 2.21. The third-order valence-electron chi connectivity index (χ3n) is 3.42. The summed E-state index contributed by atoms with van der Waals surface area (Å²) in [5, 5.41) is 7.65. The molecule has 0 bridgehead atoms. The second-order valence-corrected chi connectivity index (χ2v) is 5.78. The van der Waals surface area contributed by atoms with E-state index in [9.17, 15) is 0 Å². The molecule has 1 aliphatic carbocycles. The van der Waals surface area contributed by atoms with Crippen molar-refractivity contribution in [2.24, 2.45) is 5.92 Å². The first kappa shape index (κ1) is 12.0. The maximum absolute atomic E-state index is 4.38. The van der Waals surface area contributed by atoms with Crippen molar-refractivity contribution in [3.63, 3.8) is 0 Å². The summed E-state index contributed by atoms with van der Waals surface area (Å²) in [7, 11) is 0. The fraction of sp³-hybridized carbons (Fsp3) is 0.538. The van der Waals surface area contributed by atoms with Crippen LogP contribution in [-0.4, -0.2) is 21.1 Å². The molecule has 3 rings (SSSR count). The molecule has 2 aromatic heterocycles. The van der Waals surface area contributed by atoms with Crippen molar-refractivity contribution in [2.45, 2.75) is 32.1 Å². The van der Waals surface area contributed by atoms with Crippen molar-refractivity contribution in [3.8, 4) is 0 Å². The number of anilines is 1. The van der Waals surface area contributed by atoms with E-state index in [0.29, 0.717) is 0 Å². The maximum atomic E-state index is 4.38. The number of halogens is 1. The summed E-state index contributed by atoms with van der Waals surface area (Å²) in [5.41, 5.74) is 1.01. The predicted octanol–water partition coefficient (Wildman–Crippen LogP) is 3.48. The summed E-state index contributed by atoms with van der Waals surface area (Å²) < 4.78 is 2.82. The summed E-state index contributed by atoms with van der Waals surface area (Å²) in [4.78, 5) is 4.38. The lowest BCUT2D eigenvalue weighted by Crippen LogP contribution is -2.05. The summed E-state index contributed by atoms with van der Waals surface area (Å²) >= 11 is 3.50. The van der Waals surface area contributed by atoms with Gasteiger partial charge in [-0.2, -0.15) is 5.10 Å². The first-order valence-electron chi connectivity index (χ1n) is 6.56. The molecule has 1 fully saturated rings. The molecule has 0 spiro atoms. The van der Waals surface area contributed by atoms with Gasteiger partial charge in [0.2, 0.25) is 0 Å². The van der Waals surface area contributed by atoms with Crippen LogP contribution in [0.5, 0.6) is 0 Å². The van der Waals surface area contributed by atoms with Crippen molar-refractivity contribution in [2.75, 3.05) is 11.9 Å². The van der Waals surface area contributed by atoms with Gasteiger partial charge in [0, 0.05) is 18.9 Å². The number of fused-ring (bicyclic) bond motifs is 1. The monoisotopic (exact) mass is 308 g/mol.